The molecule has 1 aliphatic carbocycles. The van der Waals surface area contributed by atoms with E-state index in [-0.39, 0.29) is 11.6 Å². The summed E-state index contributed by atoms with van der Waals surface area (Å²) >= 11 is 0. The zero-order valence-corrected chi connectivity index (χ0v) is 10.1. The molecule has 0 aliphatic heterocycles. The summed E-state index contributed by atoms with van der Waals surface area (Å²) in [5.41, 5.74) is 2.05. The van der Waals surface area contributed by atoms with Crippen LogP contribution in [0.15, 0.2) is 46.6 Å². The summed E-state index contributed by atoms with van der Waals surface area (Å²) < 4.78 is 0. The van der Waals surface area contributed by atoms with Crippen molar-refractivity contribution in [2.75, 3.05) is 0 Å². The Hall–Kier alpha value is -1.70. The molecule has 1 aliphatic rings. The first-order valence-electron chi connectivity index (χ1n) is 5.34. The van der Waals surface area contributed by atoms with Gasteiger partial charge in [-0.05, 0) is 27.7 Å². The number of hydrogen-bond donors (Lipinski definition) is 0. The second kappa shape index (κ2) is 4.88. The van der Waals surface area contributed by atoms with E-state index < -0.39 is 0 Å². The Morgan fingerprint density at radius 3 is 1.81 bits per heavy atom. The van der Waals surface area contributed by atoms with Crippen molar-refractivity contribution in [2.45, 2.75) is 27.7 Å². The van der Waals surface area contributed by atoms with E-state index in [2.05, 4.69) is 0 Å². The summed E-state index contributed by atoms with van der Waals surface area (Å²) in [4.78, 5) is 24.1. The van der Waals surface area contributed by atoms with Crippen LogP contribution in [0.2, 0.25) is 0 Å². The van der Waals surface area contributed by atoms with Gasteiger partial charge in [-0.25, -0.2) is 0 Å². The zero-order valence-electron chi connectivity index (χ0n) is 10.1. The highest BCUT2D eigenvalue weighted by Gasteiger charge is 2.30. The van der Waals surface area contributed by atoms with Gasteiger partial charge in [-0.1, -0.05) is 24.3 Å². The van der Waals surface area contributed by atoms with Crippen molar-refractivity contribution in [3.05, 3.63) is 46.6 Å². The van der Waals surface area contributed by atoms with Gasteiger partial charge in [0.1, 0.15) is 0 Å². The van der Waals surface area contributed by atoms with Crippen molar-refractivity contribution in [3.8, 4) is 0 Å². The van der Waals surface area contributed by atoms with Gasteiger partial charge in [0, 0.05) is 22.3 Å². The van der Waals surface area contributed by atoms with E-state index in [0.717, 1.165) is 0 Å². The number of allylic oxidation sites excluding steroid dienone is 8. The van der Waals surface area contributed by atoms with Crippen LogP contribution in [0.1, 0.15) is 27.7 Å². The Kier molecular flexibility index (Phi) is 3.78. The van der Waals surface area contributed by atoms with E-state index in [4.69, 9.17) is 0 Å². The third-order valence-electron chi connectivity index (χ3n) is 2.68. The fourth-order valence-electron chi connectivity index (χ4n) is 1.82. The minimum atomic E-state index is -0.0641. The maximum absolute atomic E-state index is 12.1. The largest absolute Gasteiger partial charge is 0.289 e. The highest BCUT2D eigenvalue weighted by molar-refractivity contribution is 6.30. The van der Waals surface area contributed by atoms with Gasteiger partial charge in [0.05, 0.1) is 0 Å². The van der Waals surface area contributed by atoms with Crippen molar-refractivity contribution in [2.24, 2.45) is 0 Å². The molecule has 0 aromatic carbocycles. The molecule has 1 rings (SSSR count). The van der Waals surface area contributed by atoms with Crippen LogP contribution in [0.3, 0.4) is 0 Å². The Morgan fingerprint density at radius 1 is 0.875 bits per heavy atom. The minimum absolute atomic E-state index is 0.0525. The van der Waals surface area contributed by atoms with Crippen molar-refractivity contribution < 1.29 is 9.59 Å². The quantitative estimate of drug-likeness (QED) is 0.631. The van der Waals surface area contributed by atoms with Crippen LogP contribution in [0.5, 0.6) is 0 Å². The molecule has 2 heteroatoms. The first kappa shape index (κ1) is 12.4. The molecule has 0 radical (unpaired) electrons. The Morgan fingerprint density at radius 2 is 1.38 bits per heavy atom. The van der Waals surface area contributed by atoms with E-state index in [0.29, 0.717) is 22.3 Å². The minimum Gasteiger partial charge on any atom is -0.289 e. The number of hydrogen-bond acceptors (Lipinski definition) is 2. The standard InChI is InChI=1S/C14H16O2/c1-5-8-12-9(4)13(15)10(6-2)11(7-3)14(12)16/h5-8H,1-4H3/b8-5-,10-6+,11-7+. The number of carbonyl (C=O) groups excluding carboxylic acids is 2. The number of Topliss-reactive ketones (excluding diaryl/α,β-unsaturated/α-hetero) is 2. The normalized spacial score (nSPS) is 23.0. The van der Waals surface area contributed by atoms with Crippen LogP contribution < -0.4 is 0 Å². The Bertz CT molecular complexity index is 457. The average Bonchev–Trinajstić information content (AvgIpc) is 2.29. The van der Waals surface area contributed by atoms with E-state index in [9.17, 15) is 9.59 Å². The molecule has 0 aromatic rings. The van der Waals surface area contributed by atoms with Gasteiger partial charge in [-0.2, -0.15) is 0 Å². The molecule has 0 fully saturated rings. The molecular formula is C14H16O2. The van der Waals surface area contributed by atoms with Crippen molar-refractivity contribution in [1.82, 2.24) is 0 Å². The summed E-state index contributed by atoms with van der Waals surface area (Å²) in [6.07, 6.45) is 6.88. The molecule has 0 aromatic heterocycles. The maximum Gasteiger partial charge on any atom is 0.193 e. The molecule has 0 amide bonds. The molecule has 0 saturated carbocycles. The second-order valence-corrected chi connectivity index (χ2v) is 3.60. The molecule has 0 bridgehead atoms. The number of rotatable bonds is 1. The summed E-state index contributed by atoms with van der Waals surface area (Å²) in [6, 6.07) is 0. The van der Waals surface area contributed by atoms with Gasteiger partial charge in [-0.3, -0.25) is 9.59 Å². The predicted molar refractivity (Wildman–Crippen MR) is 65.0 cm³/mol. The van der Waals surface area contributed by atoms with E-state index in [1.807, 2.05) is 6.92 Å². The first-order valence-corrected chi connectivity index (χ1v) is 5.34. The highest BCUT2D eigenvalue weighted by Crippen LogP contribution is 2.28. The predicted octanol–water partition coefficient (Wildman–Crippen LogP) is 2.92. The fourth-order valence-corrected chi connectivity index (χ4v) is 1.82. The van der Waals surface area contributed by atoms with Gasteiger partial charge >= 0.3 is 0 Å². The highest BCUT2D eigenvalue weighted by atomic mass is 16.1. The van der Waals surface area contributed by atoms with E-state index in [1.165, 1.54) is 0 Å². The van der Waals surface area contributed by atoms with Gasteiger partial charge in [-0.15, -0.1) is 0 Å². The molecule has 2 nitrogen and oxygen atoms in total. The summed E-state index contributed by atoms with van der Waals surface area (Å²) in [5.74, 6) is -0.117. The zero-order chi connectivity index (χ0) is 12.3. The topological polar surface area (TPSA) is 34.1 Å². The van der Waals surface area contributed by atoms with Gasteiger partial charge in [0.25, 0.3) is 0 Å². The summed E-state index contributed by atoms with van der Waals surface area (Å²) in [7, 11) is 0. The molecule has 0 saturated heterocycles. The maximum atomic E-state index is 12.1. The van der Waals surface area contributed by atoms with Crippen molar-refractivity contribution in [3.63, 3.8) is 0 Å². The number of ketones is 2. The third-order valence-corrected chi connectivity index (χ3v) is 2.68. The summed E-state index contributed by atoms with van der Waals surface area (Å²) in [5, 5.41) is 0. The van der Waals surface area contributed by atoms with Crippen LogP contribution in [-0.4, -0.2) is 11.6 Å². The van der Waals surface area contributed by atoms with E-state index >= 15 is 0 Å². The van der Waals surface area contributed by atoms with E-state index in [1.54, 1.807) is 45.1 Å². The molecule has 0 spiro atoms. The SMILES string of the molecule is C/C=C\C1=C(C)C(=O)C(=C/C)/C(=C\C)C1=O. The van der Waals surface area contributed by atoms with Gasteiger partial charge in [0.2, 0.25) is 0 Å². The van der Waals surface area contributed by atoms with Crippen LogP contribution in [0.4, 0.5) is 0 Å². The molecule has 16 heavy (non-hydrogen) atoms. The van der Waals surface area contributed by atoms with Crippen LogP contribution in [0.25, 0.3) is 0 Å². The molecule has 0 unspecified atom stereocenters. The molecule has 0 N–H and O–H groups in total. The Labute approximate surface area is 96.0 Å². The smallest absolute Gasteiger partial charge is 0.193 e. The lowest BCUT2D eigenvalue weighted by Crippen LogP contribution is -2.22. The van der Waals surface area contributed by atoms with Crippen LogP contribution in [0, 0.1) is 0 Å². The molecule has 0 heterocycles. The van der Waals surface area contributed by atoms with Gasteiger partial charge in [0.15, 0.2) is 11.6 Å². The van der Waals surface area contributed by atoms with Crippen LogP contribution >= 0.6 is 0 Å². The average molecular weight is 216 g/mol. The lowest BCUT2D eigenvalue weighted by molar-refractivity contribution is -0.116. The molecule has 84 valence electrons. The van der Waals surface area contributed by atoms with Gasteiger partial charge < -0.3 is 0 Å². The molecular weight excluding hydrogens is 200 g/mol. The lowest BCUT2D eigenvalue weighted by Gasteiger charge is -2.18. The number of carbonyl (C=O) groups is 2. The fraction of sp³-hybridized carbons (Fsp3) is 0.286. The second-order valence-electron chi connectivity index (χ2n) is 3.60. The summed E-state index contributed by atoms with van der Waals surface area (Å²) in [6.45, 7) is 7.08. The first-order chi connectivity index (χ1) is 7.58. The third kappa shape index (κ3) is 1.83. The molecule has 0 atom stereocenters. The monoisotopic (exact) mass is 216 g/mol. The van der Waals surface area contributed by atoms with Crippen LogP contribution in [-0.2, 0) is 9.59 Å². The Balaban J connectivity index is 3.49. The van der Waals surface area contributed by atoms with Crippen molar-refractivity contribution in [1.29, 1.82) is 0 Å². The van der Waals surface area contributed by atoms with Crippen molar-refractivity contribution >= 4 is 11.6 Å². The lowest BCUT2D eigenvalue weighted by atomic mass is 9.82.